The Labute approximate surface area is 87.6 Å². The van der Waals surface area contributed by atoms with Gasteiger partial charge in [0.1, 0.15) is 0 Å². The van der Waals surface area contributed by atoms with Gasteiger partial charge in [-0.3, -0.25) is 4.79 Å². The van der Waals surface area contributed by atoms with E-state index in [1.807, 2.05) is 32.6 Å². The standard InChI is InChI=1S/C11H24N2O/c1-6-7-13(8(2)3)11(14)9(4)10(5)12/h8-10H,6-7,12H2,1-5H3. The van der Waals surface area contributed by atoms with Gasteiger partial charge in [0.2, 0.25) is 5.91 Å². The Bertz CT molecular complexity index is 178. The van der Waals surface area contributed by atoms with E-state index >= 15 is 0 Å². The molecule has 0 aliphatic rings. The van der Waals surface area contributed by atoms with Crippen molar-refractivity contribution in [3.63, 3.8) is 0 Å². The minimum Gasteiger partial charge on any atom is -0.340 e. The van der Waals surface area contributed by atoms with Crippen LogP contribution < -0.4 is 5.73 Å². The van der Waals surface area contributed by atoms with E-state index in [0.717, 1.165) is 13.0 Å². The largest absolute Gasteiger partial charge is 0.340 e. The summed E-state index contributed by atoms with van der Waals surface area (Å²) in [4.78, 5) is 13.9. The van der Waals surface area contributed by atoms with Gasteiger partial charge in [0.05, 0.1) is 5.92 Å². The summed E-state index contributed by atoms with van der Waals surface area (Å²) in [5.41, 5.74) is 5.72. The Kier molecular flexibility index (Phi) is 5.77. The van der Waals surface area contributed by atoms with Crippen LogP contribution in [-0.2, 0) is 4.79 Å². The molecule has 0 heterocycles. The Morgan fingerprint density at radius 2 is 1.79 bits per heavy atom. The first-order valence-electron chi connectivity index (χ1n) is 5.47. The van der Waals surface area contributed by atoms with Gasteiger partial charge >= 0.3 is 0 Å². The predicted molar refractivity (Wildman–Crippen MR) is 60.0 cm³/mol. The fourth-order valence-electron chi connectivity index (χ4n) is 1.35. The van der Waals surface area contributed by atoms with E-state index in [4.69, 9.17) is 5.73 Å². The first kappa shape index (κ1) is 13.4. The van der Waals surface area contributed by atoms with Crippen LogP contribution in [0.3, 0.4) is 0 Å². The smallest absolute Gasteiger partial charge is 0.227 e. The highest BCUT2D eigenvalue weighted by Crippen LogP contribution is 2.10. The second-order valence-electron chi connectivity index (χ2n) is 4.27. The Morgan fingerprint density at radius 3 is 2.07 bits per heavy atom. The summed E-state index contributed by atoms with van der Waals surface area (Å²) in [5.74, 6) is 0.0980. The van der Waals surface area contributed by atoms with Gasteiger partial charge in [0.25, 0.3) is 0 Å². The molecule has 0 spiro atoms. The van der Waals surface area contributed by atoms with Crippen LogP contribution in [0.1, 0.15) is 41.0 Å². The minimum atomic E-state index is -0.0797. The summed E-state index contributed by atoms with van der Waals surface area (Å²) in [6.07, 6.45) is 0.996. The molecule has 0 fully saturated rings. The zero-order valence-electron chi connectivity index (χ0n) is 10.1. The average Bonchev–Trinajstić information content (AvgIpc) is 2.11. The lowest BCUT2D eigenvalue weighted by Gasteiger charge is -2.30. The SMILES string of the molecule is CCCN(C(=O)C(C)C(C)N)C(C)C. The molecule has 0 aliphatic carbocycles. The fraction of sp³-hybridized carbons (Fsp3) is 0.909. The van der Waals surface area contributed by atoms with Crippen molar-refractivity contribution in [3.8, 4) is 0 Å². The highest BCUT2D eigenvalue weighted by atomic mass is 16.2. The molecule has 0 radical (unpaired) electrons. The minimum absolute atomic E-state index is 0.0689. The molecule has 2 atom stereocenters. The van der Waals surface area contributed by atoms with Crippen molar-refractivity contribution in [2.45, 2.75) is 53.1 Å². The van der Waals surface area contributed by atoms with E-state index in [1.54, 1.807) is 0 Å². The number of hydrogen-bond donors (Lipinski definition) is 1. The van der Waals surface area contributed by atoms with Gasteiger partial charge in [-0.2, -0.15) is 0 Å². The maximum atomic E-state index is 12.0. The van der Waals surface area contributed by atoms with Gasteiger partial charge in [-0.25, -0.2) is 0 Å². The number of nitrogens with zero attached hydrogens (tertiary/aromatic N) is 1. The lowest BCUT2D eigenvalue weighted by molar-refractivity contribution is -0.137. The van der Waals surface area contributed by atoms with Crippen LogP contribution in [-0.4, -0.2) is 29.4 Å². The predicted octanol–water partition coefficient (Wildman–Crippen LogP) is 1.62. The molecule has 0 aromatic carbocycles. The third kappa shape index (κ3) is 3.66. The molecule has 3 heteroatoms. The van der Waals surface area contributed by atoms with Crippen molar-refractivity contribution in [3.05, 3.63) is 0 Å². The van der Waals surface area contributed by atoms with E-state index in [1.165, 1.54) is 0 Å². The molecule has 0 aliphatic heterocycles. The third-order valence-electron chi connectivity index (χ3n) is 2.55. The van der Waals surface area contributed by atoms with Crippen LogP contribution in [0.4, 0.5) is 0 Å². The Hall–Kier alpha value is -0.570. The number of carbonyl (C=O) groups excluding carboxylic acids is 1. The van der Waals surface area contributed by atoms with Gasteiger partial charge in [0.15, 0.2) is 0 Å². The average molecular weight is 200 g/mol. The molecule has 0 bridgehead atoms. The monoisotopic (exact) mass is 200 g/mol. The zero-order valence-corrected chi connectivity index (χ0v) is 10.1. The van der Waals surface area contributed by atoms with Crippen molar-refractivity contribution >= 4 is 5.91 Å². The second kappa shape index (κ2) is 6.02. The summed E-state index contributed by atoms with van der Waals surface area (Å²) in [6, 6.07) is 0.198. The molecule has 1 amide bonds. The third-order valence-corrected chi connectivity index (χ3v) is 2.55. The summed E-state index contributed by atoms with van der Waals surface area (Å²) in [5, 5.41) is 0. The topological polar surface area (TPSA) is 46.3 Å². The van der Waals surface area contributed by atoms with Crippen molar-refractivity contribution in [2.75, 3.05) is 6.54 Å². The first-order chi connectivity index (χ1) is 6.41. The number of carbonyl (C=O) groups is 1. The van der Waals surface area contributed by atoms with Crippen LogP contribution in [0, 0.1) is 5.92 Å². The molecule has 0 aromatic rings. The Balaban J connectivity index is 4.43. The summed E-state index contributed by atoms with van der Waals surface area (Å²) in [7, 11) is 0. The molecule has 14 heavy (non-hydrogen) atoms. The van der Waals surface area contributed by atoms with E-state index in [9.17, 15) is 4.79 Å². The van der Waals surface area contributed by atoms with Crippen LogP contribution in [0.5, 0.6) is 0 Å². The van der Waals surface area contributed by atoms with E-state index < -0.39 is 0 Å². The molecule has 2 N–H and O–H groups in total. The van der Waals surface area contributed by atoms with Crippen molar-refractivity contribution in [2.24, 2.45) is 11.7 Å². The second-order valence-corrected chi connectivity index (χ2v) is 4.27. The van der Waals surface area contributed by atoms with Crippen molar-refractivity contribution in [1.82, 2.24) is 4.90 Å². The maximum Gasteiger partial charge on any atom is 0.227 e. The number of hydrogen-bond acceptors (Lipinski definition) is 2. The molecular formula is C11H24N2O. The van der Waals surface area contributed by atoms with Crippen LogP contribution in [0.25, 0.3) is 0 Å². The van der Waals surface area contributed by atoms with Gasteiger partial charge in [-0.1, -0.05) is 13.8 Å². The fourth-order valence-corrected chi connectivity index (χ4v) is 1.35. The van der Waals surface area contributed by atoms with Gasteiger partial charge in [0, 0.05) is 18.6 Å². The molecule has 0 saturated carbocycles. The lowest BCUT2D eigenvalue weighted by Crippen LogP contribution is -2.45. The number of amides is 1. The highest BCUT2D eigenvalue weighted by Gasteiger charge is 2.24. The summed E-state index contributed by atoms with van der Waals surface area (Å²) >= 11 is 0. The normalized spacial score (nSPS) is 15.4. The zero-order chi connectivity index (χ0) is 11.3. The van der Waals surface area contributed by atoms with Crippen molar-refractivity contribution in [1.29, 1.82) is 0 Å². The van der Waals surface area contributed by atoms with Gasteiger partial charge in [-0.05, 0) is 27.2 Å². The first-order valence-corrected chi connectivity index (χ1v) is 5.47. The molecule has 0 rings (SSSR count). The van der Waals surface area contributed by atoms with Crippen LogP contribution >= 0.6 is 0 Å². The molecule has 0 aromatic heterocycles. The number of nitrogens with two attached hydrogens (primary N) is 1. The van der Waals surface area contributed by atoms with Crippen LogP contribution in [0.15, 0.2) is 0 Å². The van der Waals surface area contributed by atoms with E-state index in [2.05, 4.69) is 6.92 Å². The van der Waals surface area contributed by atoms with E-state index in [-0.39, 0.29) is 23.9 Å². The molecule has 0 saturated heterocycles. The quantitative estimate of drug-likeness (QED) is 0.733. The van der Waals surface area contributed by atoms with Gasteiger partial charge < -0.3 is 10.6 Å². The molecule has 84 valence electrons. The Morgan fingerprint density at radius 1 is 1.29 bits per heavy atom. The summed E-state index contributed by atoms with van der Waals surface area (Å²) in [6.45, 7) is 10.8. The number of rotatable bonds is 5. The van der Waals surface area contributed by atoms with Crippen molar-refractivity contribution < 1.29 is 4.79 Å². The molecule has 2 unspecified atom stereocenters. The van der Waals surface area contributed by atoms with E-state index in [0.29, 0.717) is 0 Å². The summed E-state index contributed by atoms with van der Waals surface area (Å²) < 4.78 is 0. The van der Waals surface area contributed by atoms with Gasteiger partial charge in [-0.15, -0.1) is 0 Å². The highest BCUT2D eigenvalue weighted by molar-refractivity contribution is 5.79. The molecule has 3 nitrogen and oxygen atoms in total. The van der Waals surface area contributed by atoms with Crippen LogP contribution in [0.2, 0.25) is 0 Å². The molecular weight excluding hydrogens is 176 g/mol. The maximum absolute atomic E-state index is 12.0. The lowest BCUT2D eigenvalue weighted by atomic mass is 10.0.